The van der Waals surface area contributed by atoms with E-state index in [2.05, 4.69) is 15.4 Å². The number of nitrogens with zero attached hydrogens (tertiary/aromatic N) is 3. The molecular weight excluding hydrogens is 267 g/mol. The van der Waals surface area contributed by atoms with Gasteiger partial charge >= 0.3 is 0 Å². The van der Waals surface area contributed by atoms with Gasteiger partial charge in [-0.05, 0) is 6.07 Å². The van der Waals surface area contributed by atoms with Crippen LogP contribution in [0.25, 0.3) is 5.65 Å². The van der Waals surface area contributed by atoms with Gasteiger partial charge in [-0.15, -0.1) is 0 Å². The standard InChI is InChI=1S/C13H10ClFN4/c14-11-7-13(19-12(18-11)5-6-17-19)16-8-9-3-1-2-4-10(9)15/h1-7,16H,8H2. The Labute approximate surface area is 113 Å². The van der Waals surface area contributed by atoms with Crippen molar-refractivity contribution in [2.24, 2.45) is 0 Å². The smallest absolute Gasteiger partial charge is 0.159 e. The second-order valence-electron chi connectivity index (χ2n) is 4.01. The number of nitrogens with one attached hydrogen (secondary N) is 1. The molecule has 0 aliphatic rings. The molecular formula is C13H10ClFN4. The molecule has 0 aliphatic heterocycles. The van der Waals surface area contributed by atoms with Crippen molar-refractivity contribution in [1.82, 2.24) is 14.6 Å². The van der Waals surface area contributed by atoms with Gasteiger partial charge in [0.15, 0.2) is 5.65 Å². The average molecular weight is 277 g/mol. The minimum atomic E-state index is -0.244. The predicted octanol–water partition coefficient (Wildman–Crippen LogP) is 3.13. The number of aromatic nitrogens is 3. The van der Waals surface area contributed by atoms with E-state index in [4.69, 9.17) is 11.6 Å². The lowest BCUT2D eigenvalue weighted by Crippen LogP contribution is -2.07. The van der Waals surface area contributed by atoms with Crippen molar-refractivity contribution in [3.05, 3.63) is 59.1 Å². The molecule has 96 valence electrons. The molecule has 2 aromatic heterocycles. The van der Waals surface area contributed by atoms with Crippen molar-refractivity contribution < 1.29 is 4.39 Å². The highest BCUT2D eigenvalue weighted by atomic mass is 35.5. The van der Waals surface area contributed by atoms with Crippen LogP contribution in [-0.2, 0) is 6.54 Å². The topological polar surface area (TPSA) is 42.2 Å². The fourth-order valence-corrected chi connectivity index (χ4v) is 2.03. The maximum absolute atomic E-state index is 13.5. The molecule has 19 heavy (non-hydrogen) atoms. The highest BCUT2D eigenvalue weighted by Crippen LogP contribution is 2.17. The third-order valence-electron chi connectivity index (χ3n) is 2.75. The van der Waals surface area contributed by atoms with E-state index in [-0.39, 0.29) is 5.82 Å². The largest absolute Gasteiger partial charge is 0.366 e. The van der Waals surface area contributed by atoms with E-state index >= 15 is 0 Å². The van der Waals surface area contributed by atoms with Crippen molar-refractivity contribution in [3.63, 3.8) is 0 Å². The van der Waals surface area contributed by atoms with Gasteiger partial charge in [-0.25, -0.2) is 9.37 Å². The molecule has 0 atom stereocenters. The molecule has 0 unspecified atom stereocenters. The normalized spacial score (nSPS) is 10.8. The summed E-state index contributed by atoms with van der Waals surface area (Å²) in [6.45, 7) is 0.349. The summed E-state index contributed by atoms with van der Waals surface area (Å²) in [6.07, 6.45) is 1.63. The summed E-state index contributed by atoms with van der Waals surface area (Å²) in [7, 11) is 0. The lowest BCUT2D eigenvalue weighted by Gasteiger charge is -2.09. The maximum atomic E-state index is 13.5. The molecule has 3 rings (SSSR count). The average Bonchev–Trinajstić information content (AvgIpc) is 2.85. The van der Waals surface area contributed by atoms with Gasteiger partial charge in [-0.2, -0.15) is 9.61 Å². The lowest BCUT2D eigenvalue weighted by atomic mass is 10.2. The second-order valence-corrected chi connectivity index (χ2v) is 4.40. The molecule has 2 heterocycles. The van der Waals surface area contributed by atoms with E-state index in [1.807, 2.05) is 0 Å². The van der Waals surface area contributed by atoms with E-state index in [1.54, 1.807) is 41.0 Å². The van der Waals surface area contributed by atoms with E-state index < -0.39 is 0 Å². The highest BCUT2D eigenvalue weighted by molar-refractivity contribution is 6.29. The first-order valence-electron chi connectivity index (χ1n) is 5.71. The van der Waals surface area contributed by atoms with Crippen LogP contribution in [0.5, 0.6) is 0 Å². The molecule has 6 heteroatoms. The van der Waals surface area contributed by atoms with Crippen LogP contribution in [0.1, 0.15) is 5.56 Å². The Balaban J connectivity index is 1.90. The SMILES string of the molecule is Fc1ccccc1CNc1cc(Cl)nc2ccnn12. The number of halogens is 2. The van der Waals surface area contributed by atoms with Gasteiger partial charge in [0.25, 0.3) is 0 Å². The Kier molecular flexibility index (Phi) is 3.05. The Morgan fingerprint density at radius 1 is 1.26 bits per heavy atom. The Morgan fingerprint density at radius 3 is 2.95 bits per heavy atom. The van der Waals surface area contributed by atoms with Crippen molar-refractivity contribution >= 4 is 23.1 Å². The minimum Gasteiger partial charge on any atom is -0.366 e. The van der Waals surface area contributed by atoms with Gasteiger partial charge in [0.2, 0.25) is 0 Å². The third kappa shape index (κ3) is 2.37. The van der Waals surface area contributed by atoms with Crippen LogP contribution < -0.4 is 5.32 Å². The van der Waals surface area contributed by atoms with E-state index in [0.29, 0.717) is 28.7 Å². The second kappa shape index (κ2) is 4.85. The zero-order valence-corrected chi connectivity index (χ0v) is 10.6. The van der Waals surface area contributed by atoms with Crippen LogP contribution >= 0.6 is 11.6 Å². The summed E-state index contributed by atoms with van der Waals surface area (Å²) in [5.41, 5.74) is 1.22. The first-order valence-corrected chi connectivity index (χ1v) is 6.09. The van der Waals surface area contributed by atoms with E-state index in [9.17, 15) is 4.39 Å². The zero-order valence-electron chi connectivity index (χ0n) is 9.85. The van der Waals surface area contributed by atoms with Crippen LogP contribution in [-0.4, -0.2) is 14.6 Å². The fraction of sp³-hybridized carbons (Fsp3) is 0.0769. The van der Waals surface area contributed by atoms with Gasteiger partial charge in [-0.1, -0.05) is 29.8 Å². The minimum absolute atomic E-state index is 0.244. The first-order chi connectivity index (χ1) is 9.24. The molecule has 0 aliphatic carbocycles. The van der Waals surface area contributed by atoms with Gasteiger partial charge in [0.05, 0.1) is 6.20 Å². The van der Waals surface area contributed by atoms with Gasteiger partial charge in [0, 0.05) is 24.2 Å². The van der Waals surface area contributed by atoms with Gasteiger partial charge in [-0.3, -0.25) is 0 Å². The number of hydrogen-bond donors (Lipinski definition) is 1. The van der Waals surface area contributed by atoms with Crippen molar-refractivity contribution in [1.29, 1.82) is 0 Å². The van der Waals surface area contributed by atoms with Crippen LogP contribution in [0.4, 0.5) is 10.2 Å². The molecule has 0 fully saturated rings. The van der Waals surface area contributed by atoms with E-state index in [0.717, 1.165) is 0 Å². The molecule has 0 bridgehead atoms. The Bertz CT molecular complexity index is 725. The van der Waals surface area contributed by atoms with Crippen molar-refractivity contribution in [2.45, 2.75) is 6.54 Å². The fourth-order valence-electron chi connectivity index (χ4n) is 1.84. The summed E-state index contributed by atoms with van der Waals surface area (Å²) >= 11 is 5.93. The molecule has 0 saturated carbocycles. The maximum Gasteiger partial charge on any atom is 0.159 e. The van der Waals surface area contributed by atoms with Crippen molar-refractivity contribution in [2.75, 3.05) is 5.32 Å². The Hall–Kier alpha value is -2.14. The number of benzene rings is 1. The molecule has 0 spiro atoms. The lowest BCUT2D eigenvalue weighted by molar-refractivity contribution is 0.612. The number of hydrogen-bond acceptors (Lipinski definition) is 3. The molecule has 0 radical (unpaired) electrons. The summed E-state index contributed by atoms with van der Waals surface area (Å²) in [4.78, 5) is 4.12. The first kappa shape index (κ1) is 11.9. The number of anilines is 1. The predicted molar refractivity (Wildman–Crippen MR) is 71.7 cm³/mol. The van der Waals surface area contributed by atoms with Gasteiger partial charge in [0.1, 0.15) is 16.8 Å². The summed E-state index contributed by atoms with van der Waals surface area (Å²) in [5, 5.41) is 7.61. The molecule has 1 aromatic carbocycles. The quantitative estimate of drug-likeness (QED) is 0.747. The van der Waals surface area contributed by atoms with Crippen molar-refractivity contribution in [3.8, 4) is 0 Å². The molecule has 1 N–H and O–H groups in total. The van der Waals surface area contributed by atoms with Gasteiger partial charge < -0.3 is 5.32 Å². The van der Waals surface area contributed by atoms with E-state index in [1.165, 1.54) is 6.07 Å². The van der Waals surface area contributed by atoms with Crippen LogP contribution in [0.2, 0.25) is 5.15 Å². The van der Waals surface area contributed by atoms with Crippen LogP contribution in [0, 0.1) is 5.82 Å². The third-order valence-corrected chi connectivity index (χ3v) is 2.94. The highest BCUT2D eigenvalue weighted by Gasteiger charge is 2.06. The number of rotatable bonds is 3. The Morgan fingerprint density at radius 2 is 2.11 bits per heavy atom. The zero-order chi connectivity index (χ0) is 13.2. The van der Waals surface area contributed by atoms with Crippen LogP contribution in [0.3, 0.4) is 0 Å². The summed E-state index contributed by atoms with van der Waals surface area (Å²) in [5.74, 6) is 0.426. The summed E-state index contributed by atoms with van der Waals surface area (Å²) < 4.78 is 15.1. The molecule has 0 saturated heterocycles. The molecule has 3 aromatic rings. The number of fused-ring (bicyclic) bond motifs is 1. The van der Waals surface area contributed by atoms with Crippen LogP contribution in [0.15, 0.2) is 42.6 Å². The molecule has 0 amide bonds. The molecule has 4 nitrogen and oxygen atoms in total. The summed E-state index contributed by atoms with van der Waals surface area (Å²) in [6, 6.07) is 10.0. The monoisotopic (exact) mass is 276 g/mol.